The fourth-order valence-electron chi connectivity index (χ4n) is 1.21. The summed E-state index contributed by atoms with van der Waals surface area (Å²) in [5.41, 5.74) is 5.21. The number of carbonyl (C=O) groups is 1. The zero-order chi connectivity index (χ0) is 9.42. The van der Waals surface area contributed by atoms with Crippen LogP contribution < -0.4 is 5.73 Å². The Morgan fingerprint density at radius 1 is 1.46 bits per heavy atom. The second-order valence-electron chi connectivity index (χ2n) is 2.59. The maximum atomic E-state index is 13.0. The number of amides is 1. The minimum absolute atomic E-state index is 0.0434. The van der Waals surface area contributed by atoms with E-state index in [0.29, 0.717) is 5.39 Å². The number of primary amides is 1. The van der Waals surface area contributed by atoms with Crippen molar-refractivity contribution in [1.82, 2.24) is 10.0 Å². The van der Waals surface area contributed by atoms with Gasteiger partial charge in [-0.15, -0.1) is 5.10 Å². The molecule has 0 radical (unpaired) electrons. The van der Waals surface area contributed by atoms with Crippen molar-refractivity contribution in [3.05, 3.63) is 30.0 Å². The molecule has 1 aromatic carbocycles. The first kappa shape index (κ1) is 7.72. The minimum Gasteiger partial charge on any atom is -0.364 e. The number of hydrogen-bond donors (Lipinski definition) is 1. The topological polar surface area (TPSA) is 60.9 Å². The second-order valence-corrected chi connectivity index (χ2v) is 2.59. The first-order valence-corrected chi connectivity index (χ1v) is 3.64. The molecule has 66 valence electrons. The Bertz CT molecular complexity index is 477. The van der Waals surface area contributed by atoms with Gasteiger partial charge in [0, 0.05) is 5.39 Å². The van der Waals surface area contributed by atoms with Crippen molar-refractivity contribution in [3.63, 3.8) is 0 Å². The van der Waals surface area contributed by atoms with Crippen LogP contribution >= 0.6 is 0 Å². The lowest BCUT2D eigenvalue weighted by molar-refractivity contribution is 0.0994. The van der Waals surface area contributed by atoms with Crippen molar-refractivity contribution in [2.45, 2.75) is 0 Å². The predicted octanol–water partition coefficient (Wildman–Crippen LogP) is 0.868. The molecule has 5 heteroatoms. The van der Waals surface area contributed by atoms with E-state index in [1.54, 1.807) is 18.2 Å². The third-order valence-electron chi connectivity index (χ3n) is 1.78. The number of hydrogen-bond acceptors (Lipinski definition) is 2. The number of rotatable bonds is 1. The Morgan fingerprint density at radius 3 is 2.85 bits per heavy atom. The number of carbonyl (C=O) groups excluding carboxylic acids is 1. The molecule has 0 fully saturated rings. The van der Waals surface area contributed by atoms with Gasteiger partial charge in [-0.3, -0.25) is 4.79 Å². The molecule has 0 bridgehead atoms. The first-order chi connectivity index (χ1) is 6.20. The van der Waals surface area contributed by atoms with Gasteiger partial charge >= 0.3 is 0 Å². The molecule has 2 aromatic rings. The van der Waals surface area contributed by atoms with Gasteiger partial charge < -0.3 is 5.73 Å². The maximum absolute atomic E-state index is 13.0. The van der Waals surface area contributed by atoms with Crippen molar-refractivity contribution >= 4 is 16.8 Å². The van der Waals surface area contributed by atoms with Gasteiger partial charge in [0.15, 0.2) is 5.69 Å². The van der Waals surface area contributed by atoms with Crippen LogP contribution in [0.1, 0.15) is 10.5 Å². The van der Waals surface area contributed by atoms with E-state index >= 15 is 0 Å². The first-order valence-electron chi connectivity index (χ1n) is 3.64. The number of para-hydroxylation sites is 1. The summed E-state index contributed by atoms with van der Waals surface area (Å²) in [5, 5.41) is 3.79. The Labute approximate surface area is 72.7 Å². The average molecular weight is 179 g/mol. The molecule has 0 saturated carbocycles. The third-order valence-corrected chi connectivity index (χ3v) is 1.78. The molecule has 0 unspecified atom stereocenters. The highest BCUT2D eigenvalue weighted by Crippen LogP contribution is 2.17. The van der Waals surface area contributed by atoms with Crippen LogP contribution in [-0.4, -0.2) is 15.9 Å². The normalized spacial score (nSPS) is 10.5. The van der Waals surface area contributed by atoms with Crippen molar-refractivity contribution < 1.29 is 9.28 Å². The van der Waals surface area contributed by atoms with Crippen LogP contribution in [0.4, 0.5) is 4.48 Å². The zero-order valence-electron chi connectivity index (χ0n) is 6.57. The largest absolute Gasteiger partial charge is 0.364 e. The molecule has 0 spiro atoms. The van der Waals surface area contributed by atoms with E-state index in [2.05, 4.69) is 5.10 Å². The molecule has 0 aliphatic carbocycles. The lowest BCUT2D eigenvalue weighted by atomic mass is 10.2. The summed E-state index contributed by atoms with van der Waals surface area (Å²) in [4.78, 5) is 11.0. The van der Waals surface area contributed by atoms with Crippen molar-refractivity contribution in [3.8, 4) is 0 Å². The molecule has 1 amide bonds. The number of benzene rings is 1. The zero-order valence-corrected chi connectivity index (χ0v) is 6.57. The standard InChI is InChI=1S/C8H6FN3O/c9-12-6-4-2-1-3-5(6)7(11-12)8(10)13/h1-4H,(H2,10,13). The van der Waals surface area contributed by atoms with Crippen LogP contribution in [0.5, 0.6) is 0 Å². The lowest BCUT2D eigenvalue weighted by Gasteiger charge is -1.87. The van der Waals surface area contributed by atoms with Gasteiger partial charge in [0.2, 0.25) is 0 Å². The molecule has 0 atom stereocenters. The predicted molar refractivity (Wildman–Crippen MR) is 44.8 cm³/mol. The van der Waals surface area contributed by atoms with Crippen molar-refractivity contribution in [1.29, 1.82) is 0 Å². The molecule has 1 heterocycles. The second kappa shape index (κ2) is 2.55. The van der Waals surface area contributed by atoms with Gasteiger partial charge in [0.25, 0.3) is 5.91 Å². The Morgan fingerprint density at radius 2 is 2.15 bits per heavy atom. The van der Waals surface area contributed by atoms with Crippen molar-refractivity contribution in [2.75, 3.05) is 0 Å². The summed E-state index contributed by atoms with van der Waals surface area (Å²) in [6, 6.07) is 6.47. The highest BCUT2D eigenvalue weighted by Gasteiger charge is 2.13. The van der Waals surface area contributed by atoms with Gasteiger partial charge in [0.05, 0.1) is 0 Å². The number of fused-ring (bicyclic) bond motifs is 1. The quantitative estimate of drug-likeness (QED) is 0.705. The molecular formula is C8H6FN3O. The summed E-state index contributed by atoms with van der Waals surface area (Å²) in [7, 11) is 0. The van der Waals surface area contributed by atoms with Crippen LogP contribution in [0, 0.1) is 0 Å². The van der Waals surface area contributed by atoms with Gasteiger partial charge in [-0.1, -0.05) is 27.6 Å². The molecule has 1 aromatic heterocycles. The smallest absolute Gasteiger partial charge is 0.269 e. The Hall–Kier alpha value is -1.91. The number of nitrogens with two attached hydrogens (primary N) is 1. The summed E-state index contributed by atoms with van der Waals surface area (Å²) in [6.45, 7) is 0. The molecule has 0 aliphatic rings. The highest BCUT2D eigenvalue weighted by atomic mass is 19.2. The van der Waals surface area contributed by atoms with E-state index < -0.39 is 5.91 Å². The SMILES string of the molecule is NC(=O)c1nn(F)c2ccccc12. The maximum Gasteiger partial charge on any atom is 0.269 e. The fraction of sp³-hybridized carbons (Fsp3) is 0. The molecule has 13 heavy (non-hydrogen) atoms. The molecule has 0 saturated heterocycles. The third kappa shape index (κ3) is 1.05. The van der Waals surface area contributed by atoms with Crippen LogP contribution in [0.15, 0.2) is 24.3 Å². The minimum atomic E-state index is -0.729. The Balaban J connectivity index is 2.85. The average Bonchev–Trinajstić information content (AvgIpc) is 2.45. The van der Waals surface area contributed by atoms with Gasteiger partial charge in [-0.25, -0.2) is 0 Å². The monoisotopic (exact) mass is 179 g/mol. The Kier molecular flexibility index (Phi) is 1.51. The summed E-state index contributed by atoms with van der Waals surface area (Å²) in [6.07, 6.45) is 0. The van der Waals surface area contributed by atoms with E-state index in [0.717, 1.165) is 0 Å². The molecule has 4 nitrogen and oxygen atoms in total. The van der Waals surface area contributed by atoms with Gasteiger partial charge in [-0.05, 0) is 6.07 Å². The number of halogens is 1. The molecule has 2 N–H and O–H groups in total. The number of aromatic nitrogens is 2. The summed E-state index contributed by atoms with van der Waals surface area (Å²) >= 11 is 0. The van der Waals surface area contributed by atoms with E-state index in [-0.39, 0.29) is 16.1 Å². The molecule has 2 rings (SSSR count). The summed E-state index contributed by atoms with van der Waals surface area (Å²) in [5.74, 6) is -0.729. The van der Waals surface area contributed by atoms with Crippen LogP contribution in [0.25, 0.3) is 10.9 Å². The number of nitrogens with zero attached hydrogens (tertiary/aromatic N) is 2. The van der Waals surface area contributed by atoms with E-state index in [1.165, 1.54) is 6.07 Å². The lowest BCUT2D eigenvalue weighted by Crippen LogP contribution is -2.12. The highest BCUT2D eigenvalue weighted by molar-refractivity contribution is 6.03. The molecule has 0 aliphatic heterocycles. The molecular weight excluding hydrogens is 173 g/mol. The summed E-state index contributed by atoms with van der Waals surface area (Å²) < 4.78 is 13.0. The van der Waals surface area contributed by atoms with Crippen molar-refractivity contribution in [2.24, 2.45) is 5.73 Å². The van der Waals surface area contributed by atoms with E-state index in [4.69, 9.17) is 5.73 Å². The van der Waals surface area contributed by atoms with Crippen LogP contribution in [-0.2, 0) is 0 Å². The van der Waals surface area contributed by atoms with Gasteiger partial charge in [0.1, 0.15) is 5.52 Å². The van der Waals surface area contributed by atoms with Gasteiger partial charge in [-0.2, -0.15) is 0 Å². The van der Waals surface area contributed by atoms with Crippen LogP contribution in [0.2, 0.25) is 0 Å². The van der Waals surface area contributed by atoms with E-state index in [1.807, 2.05) is 0 Å². The fourth-order valence-corrected chi connectivity index (χ4v) is 1.21. The van der Waals surface area contributed by atoms with Crippen LogP contribution in [0.3, 0.4) is 0 Å². The van der Waals surface area contributed by atoms with E-state index in [9.17, 15) is 9.28 Å².